The number of hydrogen-bond acceptors (Lipinski definition) is 8. The number of sulfone groups is 1. The highest BCUT2D eigenvalue weighted by Gasteiger charge is 2.25. The van der Waals surface area contributed by atoms with Crippen LogP contribution in [0, 0.1) is 0 Å². The molecule has 206 valence electrons. The molecule has 0 saturated carbocycles. The third kappa shape index (κ3) is 6.69. The number of ether oxygens (including phenoxy) is 3. The fourth-order valence-electron chi connectivity index (χ4n) is 4.02. The molecular formula is C29H32N2O6S2. The Bertz CT molecular complexity index is 1490. The number of aromatic nitrogens is 1. The molecule has 4 rings (SSSR count). The van der Waals surface area contributed by atoms with Crippen LogP contribution in [0.15, 0.2) is 65.6 Å². The number of nitrogens with zero attached hydrogens (tertiary/aromatic N) is 1. The lowest BCUT2D eigenvalue weighted by Gasteiger charge is -2.19. The summed E-state index contributed by atoms with van der Waals surface area (Å²) >= 11 is 1.30. The van der Waals surface area contributed by atoms with E-state index in [9.17, 15) is 13.2 Å². The summed E-state index contributed by atoms with van der Waals surface area (Å²) in [4.78, 5) is 18.3. The molecule has 0 bridgehead atoms. The van der Waals surface area contributed by atoms with Crippen LogP contribution < -0.4 is 19.5 Å². The molecule has 1 unspecified atom stereocenters. The highest BCUT2D eigenvalue weighted by Crippen LogP contribution is 2.36. The monoisotopic (exact) mass is 568 g/mol. The molecule has 1 atom stereocenters. The predicted molar refractivity (Wildman–Crippen MR) is 154 cm³/mol. The number of rotatable bonds is 12. The lowest BCUT2D eigenvalue weighted by molar-refractivity contribution is -0.123. The van der Waals surface area contributed by atoms with Crippen LogP contribution in [-0.2, 0) is 21.1 Å². The van der Waals surface area contributed by atoms with Gasteiger partial charge in [0.2, 0.25) is 6.10 Å². The van der Waals surface area contributed by atoms with Gasteiger partial charge in [-0.1, -0.05) is 55.9 Å². The number of aryl methyl sites for hydroxylation is 1. The molecule has 39 heavy (non-hydrogen) atoms. The van der Waals surface area contributed by atoms with E-state index in [4.69, 9.17) is 14.2 Å². The minimum atomic E-state index is -3.38. The average Bonchev–Trinajstić information content (AvgIpc) is 3.35. The Morgan fingerprint density at radius 2 is 1.64 bits per heavy atom. The molecule has 1 aromatic heterocycles. The number of anilines is 1. The van der Waals surface area contributed by atoms with Crippen LogP contribution in [0.25, 0.3) is 10.2 Å². The smallest absolute Gasteiger partial charge is 0.271 e. The van der Waals surface area contributed by atoms with Crippen molar-refractivity contribution >= 4 is 42.4 Å². The van der Waals surface area contributed by atoms with E-state index in [1.54, 1.807) is 39.3 Å². The van der Waals surface area contributed by atoms with Gasteiger partial charge in [0.1, 0.15) is 5.75 Å². The fraction of sp³-hybridized carbons (Fsp3) is 0.310. The van der Waals surface area contributed by atoms with Crippen LogP contribution in [0.3, 0.4) is 0 Å². The van der Waals surface area contributed by atoms with Crippen molar-refractivity contribution in [1.29, 1.82) is 0 Å². The van der Waals surface area contributed by atoms with E-state index in [0.29, 0.717) is 33.5 Å². The molecule has 0 aliphatic rings. The molecule has 1 heterocycles. The normalized spacial score (nSPS) is 12.2. The maximum atomic E-state index is 13.5. The number of methoxy groups -OCH3 is 2. The molecule has 0 radical (unpaired) electrons. The van der Waals surface area contributed by atoms with Gasteiger partial charge in [0.25, 0.3) is 5.91 Å². The summed E-state index contributed by atoms with van der Waals surface area (Å²) in [5.74, 6) is 1.19. The van der Waals surface area contributed by atoms with E-state index in [1.807, 2.05) is 30.3 Å². The number of thiazole rings is 1. The number of hydrogen-bond donors (Lipinski definition) is 1. The maximum absolute atomic E-state index is 13.5. The van der Waals surface area contributed by atoms with Crippen molar-refractivity contribution in [2.75, 3.05) is 25.3 Å². The van der Waals surface area contributed by atoms with Gasteiger partial charge in [0.05, 0.1) is 35.1 Å². The maximum Gasteiger partial charge on any atom is 0.271 e. The van der Waals surface area contributed by atoms with Crippen LogP contribution in [0.1, 0.15) is 43.9 Å². The van der Waals surface area contributed by atoms with Crippen LogP contribution in [-0.4, -0.2) is 39.3 Å². The Morgan fingerprint density at radius 3 is 2.26 bits per heavy atom. The predicted octanol–water partition coefficient (Wildman–Crippen LogP) is 6.21. The SMILES string of the molecule is CCCCc1ccc(OC(C(=O)Nc2nc3cc(OC)c(OC)cc3s2)c2ccc(S(=O)(=O)CC)cc2)cc1. The van der Waals surface area contributed by atoms with E-state index < -0.39 is 21.8 Å². The Balaban J connectivity index is 1.63. The number of carbonyl (C=O) groups is 1. The second kappa shape index (κ2) is 12.5. The first-order valence-corrected chi connectivity index (χ1v) is 15.2. The van der Waals surface area contributed by atoms with Crippen molar-refractivity contribution in [3.63, 3.8) is 0 Å². The molecule has 0 spiro atoms. The largest absolute Gasteiger partial charge is 0.493 e. The van der Waals surface area contributed by atoms with Crippen LogP contribution in [0.4, 0.5) is 5.13 Å². The molecule has 0 fully saturated rings. The van der Waals surface area contributed by atoms with Crippen LogP contribution in [0.5, 0.6) is 17.2 Å². The number of nitrogens with one attached hydrogen (secondary N) is 1. The molecule has 10 heteroatoms. The van der Waals surface area contributed by atoms with Gasteiger partial charge < -0.3 is 14.2 Å². The summed E-state index contributed by atoms with van der Waals surface area (Å²) in [7, 11) is -0.270. The summed E-state index contributed by atoms with van der Waals surface area (Å²) in [5, 5.41) is 3.25. The van der Waals surface area contributed by atoms with Crippen LogP contribution >= 0.6 is 11.3 Å². The molecule has 0 aliphatic heterocycles. The molecule has 1 amide bonds. The zero-order valence-electron chi connectivity index (χ0n) is 22.4. The van der Waals surface area contributed by atoms with Crippen molar-refractivity contribution in [3.05, 3.63) is 71.8 Å². The number of carbonyl (C=O) groups excluding carboxylic acids is 1. The van der Waals surface area contributed by atoms with Gasteiger partial charge in [-0.25, -0.2) is 13.4 Å². The topological polar surface area (TPSA) is 104 Å². The van der Waals surface area contributed by atoms with Gasteiger partial charge in [-0.3, -0.25) is 10.1 Å². The van der Waals surface area contributed by atoms with E-state index >= 15 is 0 Å². The van der Waals surface area contributed by atoms with Crippen molar-refractivity contribution in [2.45, 2.75) is 44.1 Å². The van der Waals surface area contributed by atoms with Crippen molar-refractivity contribution < 1.29 is 27.4 Å². The minimum Gasteiger partial charge on any atom is -0.493 e. The molecule has 0 aliphatic carbocycles. The Labute approximate surface area is 232 Å². The van der Waals surface area contributed by atoms with E-state index in [2.05, 4.69) is 17.2 Å². The molecular weight excluding hydrogens is 536 g/mol. The summed E-state index contributed by atoms with van der Waals surface area (Å²) in [6, 6.07) is 17.5. The first-order valence-electron chi connectivity index (χ1n) is 12.7. The Kier molecular flexibility index (Phi) is 9.08. The number of benzene rings is 3. The van der Waals surface area contributed by atoms with Gasteiger partial charge in [-0.05, 0) is 42.7 Å². The lowest BCUT2D eigenvalue weighted by Crippen LogP contribution is -2.25. The summed E-state index contributed by atoms with van der Waals surface area (Å²) in [5.41, 5.74) is 2.36. The average molecular weight is 569 g/mol. The van der Waals surface area contributed by atoms with Crippen molar-refractivity contribution in [1.82, 2.24) is 4.98 Å². The van der Waals surface area contributed by atoms with Gasteiger partial charge in [-0.15, -0.1) is 0 Å². The zero-order chi connectivity index (χ0) is 28.0. The van der Waals surface area contributed by atoms with Crippen molar-refractivity contribution in [3.8, 4) is 17.2 Å². The van der Waals surface area contributed by atoms with Gasteiger partial charge >= 0.3 is 0 Å². The molecule has 1 N–H and O–H groups in total. The standard InChI is InChI=1S/C29H32N2O6S2/c1-5-7-8-19-9-13-21(14-10-19)37-27(20-11-15-22(16-12-20)39(33,34)6-2)28(32)31-29-30-23-17-24(35-3)25(36-4)18-26(23)38-29/h9-18,27H,5-8H2,1-4H3,(H,30,31,32). The number of amides is 1. The summed E-state index contributed by atoms with van der Waals surface area (Å²) < 4.78 is 42.3. The molecule has 0 saturated heterocycles. The van der Waals surface area contributed by atoms with E-state index in [-0.39, 0.29) is 10.6 Å². The third-order valence-corrected chi connectivity index (χ3v) is 8.96. The second-order valence-corrected chi connectivity index (χ2v) is 12.2. The van der Waals surface area contributed by atoms with E-state index in [0.717, 1.165) is 24.0 Å². The lowest BCUT2D eigenvalue weighted by atomic mass is 10.1. The fourth-order valence-corrected chi connectivity index (χ4v) is 5.78. The first-order chi connectivity index (χ1) is 18.8. The quantitative estimate of drug-likeness (QED) is 0.217. The summed E-state index contributed by atoms with van der Waals surface area (Å²) in [6.45, 7) is 3.74. The van der Waals surface area contributed by atoms with Gasteiger partial charge in [-0.2, -0.15) is 0 Å². The van der Waals surface area contributed by atoms with Gasteiger partial charge in [0, 0.05) is 17.7 Å². The summed E-state index contributed by atoms with van der Waals surface area (Å²) in [6.07, 6.45) is 2.13. The van der Waals surface area contributed by atoms with E-state index in [1.165, 1.54) is 29.0 Å². The Morgan fingerprint density at radius 1 is 0.974 bits per heavy atom. The highest BCUT2D eigenvalue weighted by atomic mass is 32.2. The zero-order valence-corrected chi connectivity index (χ0v) is 24.0. The van der Waals surface area contributed by atoms with Crippen LogP contribution in [0.2, 0.25) is 0 Å². The number of unbranched alkanes of at least 4 members (excludes halogenated alkanes) is 1. The third-order valence-electron chi connectivity index (χ3n) is 6.28. The van der Waals surface area contributed by atoms with Gasteiger partial charge in [0.15, 0.2) is 26.5 Å². The molecule has 4 aromatic rings. The Hall–Kier alpha value is -3.63. The second-order valence-electron chi connectivity index (χ2n) is 8.90. The minimum absolute atomic E-state index is 0.00960. The van der Waals surface area contributed by atoms with Crippen molar-refractivity contribution in [2.24, 2.45) is 0 Å². The first kappa shape index (κ1) is 28.4. The number of fused-ring (bicyclic) bond motifs is 1. The highest BCUT2D eigenvalue weighted by molar-refractivity contribution is 7.91. The molecule has 3 aromatic carbocycles. The molecule has 8 nitrogen and oxygen atoms in total.